The van der Waals surface area contributed by atoms with Crippen LogP contribution in [0.3, 0.4) is 0 Å². The second-order valence-electron chi connectivity index (χ2n) is 5.05. The summed E-state index contributed by atoms with van der Waals surface area (Å²) in [6.45, 7) is 3.50. The number of nitrogens with one attached hydrogen (secondary N) is 1. The molecule has 0 radical (unpaired) electrons. The van der Waals surface area contributed by atoms with Crippen LogP contribution in [0, 0.1) is 5.92 Å². The van der Waals surface area contributed by atoms with Crippen molar-refractivity contribution in [3.8, 4) is 0 Å². The predicted molar refractivity (Wildman–Crippen MR) is 79.3 cm³/mol. The quantitative estimate of drug-likeness (QED) is 0.763. The Hall–Kier alpha value is -1.17. The van der Waals surface area contributed by atoms with E-state index in [0.717, 1.165) is 42.4 Å². The Morgan fingerprint density at radius 3 is 3.16 bits per heavy atom. The SMILES string of the molecule is Nc1nc2ccc(CNCCOCC3CC3)cc2s1. The maximum atomic E-state index is 5.70. The smallest absolute Gasteiger partial charge is 0.181 e. The molecule has 1 aliphatic rings. The Balaban J connectivity index is 1.42. The molecule has 3 rings (SSSR count). The van der Waals surface area contributed by atoms with Crippen molar-refractivity contribution in [3.63, 3.8) is 0 Å². The summed E-state index contributed by atoms with van der Waals surface area (Å²) < 4.78 is 6.74. The van der Waals surface area contributed by atoms with E-state index in [1.807, 2.05) is 6.07 Å². The summed E-state index contributed by atoms with van der Waals surface area (Å²) in [4.78, 5) is 4.25. The summed E-state index contributed by atoms with van der Waals surface area (Å²) in [6, 6.07) is 6.28. The van der Waals surface area contributed by atoms with E-state index in [4.69, 9.17) is 10.5 Å². The van der Waals surface area contributed by atoms with Crippen molar-refractivity contribution in [2.75, 3.05) is 25.5 Å². The topological polar surface area (TPSA) is 60.2 Å². The van der Waals surface area contributed by atoms with Gasteiger partial charge in [-0.1, -0.05) is 17.4 Å². The number of fused-ring (bicyclic) bond motifs is 1. The fraction of sp³-hybridized carbons (Fsp3) is 0.500. The van der Waals surface area contributed by atoms with Crippen LogP contribution in [0.15, 0.2) is 18.2 Å². The lowest BCUT2D eigenvalue weighted by Gasteiger charge is -2.06. The van der Waals surface area contributed by atoms with Crippen LogP contribution in [-0.2, 0) is 11.3 Å². The molecule has 3 N–H and O–H groups in total. The van der Waals surface area contributed by atoms with Crippen molar-refractivity contribution in [3.05, 3.63) is 23.8 Å². The van der Waals surface area contributed by atoms with Crippen molar-refractivity contribution in [2.45, 2.75) is 19.4 Å². The van der Waals surface area contributed by atoms with Gasteiger partial charge in [-0.05, 0) is 36.5 Å². The van der Waals surface area contributed by atoms with Gasteiger partial charge in [0.15, 0.2) is 5.13 Å². The van der Waals surface area contributed by atoms with Gasteiger partial charge in [-0.3, -0.25) is 0 Å². The summed E-state index contributed by atoms with van der Waals surface area (Å²) >= 11 is 1.54. The van der Waals surface area contributed by atoms with Crippen LogP contribution in [-0.4, -0.2) is 24.7 Å². The van der Waals surface area contributed by atoms with E-state index in [2.05, 4.69) is 22.4 Å². The molecule has 1 aliphatic carbocycles. The highest BCUT2D eigenvalue weighted by molar-refractivity contribution is 7.22. The van der Waals surface area contributed by atoms with Gasteiger partial charge in [0, 0.05) is 19.7 Å². The second-order valence-corrected chi connectivity index (χ2v) is 6.11. The van der Waals surface area contributed by atoms with E-state index in [0.29, 0.717) is 5.13 Å². The standard InChI is InChI=1S/C14H19N3OS/c15-14-17-12-4-3-11(7-13(12)19-14)8-16-5-6-18-9-10-1-2-10/h3-4,7,10,16H,1-2,5-6,8-9H2,(H2,15,17). The molecule has 0 unspecified atom stereocenters. The average molecular weight is 277 g/mol. The zero-order chi connectivity index (χ0) is 13.1. The molecule has 2 aromatic rings. The van der Waals surface area contributed by atoms with E-state index in [1.165, 1.54) is 29.7 Å². The third-order valence-corrected chi connectivity index (χ3v) is 4.12. The molecule has 5 heteroatoms. The van der Waals surface area contributed by atoms with Crippen molar-refractivity contribution in [1.29, 1.82) is 0 Å². The number of nitrogen functional groups attached to an aromatic ring is 1. The fourth-order valence-corrected chi connectivity index (χ4v) is 2.81. The lowest BCUT2D eigenvalue weighted by molar-refractivity contribution is 0.126. The number of nitrogens with zero attached hydrogens (tertiary/aromatic N) is 1. The van der Waals surface area contributed by atoms with Gasteiger partial charge in [-0.15, -0.1) is 0 Å². The Morgan fingerprint density at radius 2 is 2.32 bits per heavy atom. The minimum absolute atomic E-state index is 0.633. The molecule has 1 saturated carbocycles. The Kier molecular flexibility index (Phi) is 3.96. The molecule has 1 fully saturated rings. The highest BCUT2D eigenvalue weighted by Gasteiger charge is 2.20. The van der Waals surface area contributed by atoms with E-state index in [-0.39, 0.29) is 0 Å². The highest BCUT2D eigenvalue weighted by atomic mass is 32.1. The van der Waals surface area contributed by atoms with Gasteiger partial charge in [0.05, 0.1) is 16.8 Å². The minimum atomic E-state index is 0.633. The van der Waals surface area contributed by atoms with Gasteiger partial charge in [0.1, 0.15) is 0 Å². The number of thiazole rings is 1. The number of anilines is 1. The Morgan fingerprint density at radius 1 is 1.42 bits per heavy atom. The molecule has 102 valence electrons. The molecule has 0 amide bonds. The summed E-state index contributed by atoms with van der Waals surface area (Å²) in [6.07, 6.45) is 2.71. The highest BCUT2D eigenvalue weighted by Crippen LogP contribution is 2.28. The molecule has 1 aromatic heterocycles. The first-order valence-electron chi connectivity index (χ1n) is 6.74. The van der Waals surface area contributed by atoms with E-state index < -0.39 is 0 Å². The molecule has 0 aliphatic heterocycles. The van der Waals surface area contributed by atoms with Gasteiger partial charge in [0.2, 0.25) is 0 Å². The van der Waals surface area contributed by atoms with Gasteiger partial charge in [0.25, 0.3) is 0 Å². The number of hydrogen-bond acceptors (Lipinski definition) is 5. The fourth-order valence-electron chi connectivity index (χ4n) is 2.01. The number of nitrogens with two attached hydrogens (primary N) is 1. The molecular formula is C14H19N3OS. The number of hydrogen-bond donors (Lipinski definition) is 2. The molecular weight excluding hydrogens is 258 g/mol. The van der Waals surface area contributed by atoms with Gasteiger partial charge in [-0.2, -0.15) is 0 Å². The molecule has 0 saturated heterocycles. The van der Waals surface area contributed by atoms with Crippen molar-refractivity contribution in [1.82, 2.24) is 10.3 Å². The average Bonchev–Trinajstić information content (AvgIpc) is 3.14. The lowest BCUT2D eigenvalue weighted by atomic mass is 10.2. The first-order valence-corrected chi connectivity index (χ1v) is 7.56. The summed E-state index contributed by atoms with van der Waals surface area (Å²) in [5, 5.41) is 4.03. The monoisotopic (exact) mass is 277 g/mol. The van der Waals surface area contributed by atoms with E-state index in [9.17, 15) is 0 Å². The summed E-state index contributed by atoms with van der Waals surface area (Å²) in [7, 11) is 0. The van der Waals surface area contributed by atoms with Crippen molar-refractivity contribution in [2.24, 2.45) is 5.92 Å². The predicted octanol–water partition coefficient (Wildman–Crippen LogP) is 2.39. The van der Waals surface area contributed by atoms with Crippen LogP contribution >= 0.6 is 11.3 Å². The largest absolute Gasteiger partial charge is 0.380 e. The second kappa shape index (κ2) is 5.86. The van der Waals surface area contributed by atoms with Crippen LogP contribution in [0.25, 0.3) is 10.2 Å². The Labute approximate surface area is 117 Å². The third-order valence-electron chi connectivity index (χ3n) is 3.27. The zero-order valence-electron chi connectivity index (χ0n) is 10.9. The molecule has 1 aromatic carbocycles. The normalized spacial score (nSPS) is 15.2. The third kappa shape index (κ3) is 3.65. The molecule has 4 nitrogen and oxygen atoms in total. The van der Waals surface area contributed by atoms with Crippen LogP contribution in [0.5, 0.6) is 0 Å². The van der Waals surface area contributed by atoms with Crippen molar-refractivity contribution < 1.29 is 4.74 Å². The maximum Gasteiger partial charge on any atom is 0.181 e. The van der Waals surface area contributed by atoms with Crippen LogP contribution in [0.2, 0.25) is 0 Å². The van der Waals surface area contributed by atoms with E-state index in [1.54, 1.807) is 0 Å². The molecule has 0 spiro atoms. The molecule has 19 heavy (non-hydrogen) atoms. The maximum absolute atomic E-state index is 5.70. The number of rotatable bonds is 7. The summed E-state index contributed by atoms with van der Waals surface area (Å²) in [5.41, 5.74) is 7.95. The lowest BCUT2D eigenvalue weighted by Crippen LogP contribution is -2.19. The molecule has 0 bridgehead atoms. The first-order chi connectivity index (χ1) is 9.31. The number of ether oxygens (including phenoxy) is 1. The van der Waals surface area contributed by atoms with E-state index >= 15 is 0 Å². The van der Waals surface area contributed by atoms with Gasteiger partial charge in [-0.25, -0.2) is 4.98 Å². The number of aromatic nitrogens is 1. The van der Waals surface area contributed by atoms with Crippen LogP contribution < -0.4 is 11.1 Å². The minimum Gasteiger partial charge on any atom is -0.380 e. The molecule has 0 atom stereocenters. The Bertz CT molecular complexity index is 551. The molecule has 1 heterocycles. The van der Waals surface area contributed by atoms with Gasteiger partial charge >= 0.3 is 0 Å². The number of benzene rings is 1. The zero-order valence-corrected chi connectivity index (χ0v) is 11.7. The van der Waals surface area contributed by atoms with Gasteiger partial charge < -0.3 is 15.8 Å². The van der Waals surface area contributed by atoms with Crippen molar-refractivity contribution >= 4 is 26.7 Å². The summed E-state index contributed by atoms with van der Waals surface area (Å²) in [5.74, 6) is 0.846. The van der Waals surface area contributed by atoms with Crippen LogP contribution in [0.1, 0.15) is 18.4 Å². The first kappa shape index (κ1) is 12.8. The van der Waals surface area contributed by atoms with Crippen LogP contribution in [0.4, 0.5) is 5.13 Å².